The second-order valence-electron chi connectivity index (χ2n) is 4.15. The number of rotatable bonds is 2. The summed E-state index contributed by atoms with van der Waals surface area (Å²) in [5, 5.41) is 8.78. The maximum Gasteiger partial charge on any atom is 0.407 e. The molecule has 1 aromatic carbocycles. The van der Waals surface area contributed by atoms with Gasteiger partial charge in [-0.05, 0) is 17.7 Å². The summed E-state index contributed by atoms with van der Waals surface area (Å²) >= 11 is 0. The third kappa shape index (κ3) is 2.77. The van der Waals surface area contributed by atoms with E-state index in [9.17, 15) is 14.0 Å². The monoisotopic (exact) mass is 252 g/mol. The van der Waals surface area contributed by atoms with Crippen LogP contribution in [0.3, 0.4) is 0 Å². The largest absolute Gasteiger partial charge is 0.465 e. The molecule has 1 fully saturated rings. The summed E-state index contributed by atoms with van der Waals surface area (Å²) in [7, 11) is 0. The zero-order valence-corrected chi connectivity index (χ0v) is 9.67. The van der Waals surface area contributed by atoms with Gasteiger partial charge in [0.15, 0.2) is 0 Å². The van der Waals surface area contributed by atoms with E-state index in [-0.39, 0.29) is 18.3 Å². The molecule has 0 atom stereocenters. The summed E-state index contributed by atoms with van der Waals surface area (Å²) in [4.78, 5) is 25.1. The Balaban J connectivity index is 1.97. The lowest BCUT2D eigenvalue weighted by Crippen LogP contribution is -2.51. The Morgan fingerprint density at radius 1 is 1.28 bits per heavy atom. The lowest BCUT2D eigenvalue weighted by molar-refractivity contribution is -0.135. The number of benzene rings is 1. The molecule has 1 N–H and O–H groups in total. The van der Waals surface area contributed by atoms with E-state index >= 15 is 0 Å². The number of piperazine rings is 1. The van der Waals surface area contributed by atoms with Crippen LogP contribution in [0.4, 0.5) is 9.18 Å². The molecule has 0 aliphatic carbocycles. The Morgan fingerprint density at radius 2 is 1.94 bits per heavy atom. The minimum absolute atomic E-state index is 0.115. The van der Waals surface area contributed by atoms with Crippen LogP contribution in [0.5, 0.6) is 0 Å². The molecule has 6 heteroatoms. The molecule has 2 rings (SSSR count). The topological polar surface area (TPSA) is 60.9 Å². The average Bonchev–Trinajstić information content (AvgIpc) is 2.34. The second kappa shape index (κ2) is 5.03. The van der Waals surface area contributed by atoms with E-state index in [1.165, 1.54) is 12.1 Å². The fourth-order valence-electron chi connectivity index (χ4n) is 1.85. The molecule has 1 aliphatic heterocycles. The third-order valence-corrected chi connectivity index (χ3v) is 2.88. The van der Waals surface area contributed by atoms with Crippen molar-refractivity contribution < 1.29 is 19.1 Å². The van der Waals surface area contributed by atoms with Gasteiger partial charge in [-0.15, -0.1) is 0 Å². The molecule has 0 radical (unpaired) electrons. The number of halogens is 1. The van der Waals surface area contributed by atoms with Crippen molar-refractivity contribution >= 4 is 12.0 Å². The molecular formula is C12H13FN2O3. The summed E-state index contributed by atoms with van der Waals surface area (Å²) in [6, 6.07) is 5.92. The summed E-state index contributed by atoms with van der Waals surface area (Å²) < 4.78 is 12.7. The predicted octanol–water partition coefficient (Wildman–Crippen LogP) is 1.15. The number of carbonyl (C=O) groups excluding carboxylic acids is 1. The summed E-state index contributed by atoms with van der Waals surface area (Å²) in [5.74, 6) is -0.547. The smallest absolute Gasteiger partial charge is 0.407 e. The first-order chi connectivity index (χ1) is 8.56. The zero-order valence-electron chi connectivity index (χ0n) is 9.67. The van der Waals surface area contributed by atoms with E-state index < -0.39 is 6.09 Å². The Bertz CT molecular complexity index is 461. The van der Waals surface area contributed by atoms with Crippen LogP contribution < -0.4 is 0 Å². The number of hydrogen-bond acceptors (Lipinski definition) is 2. The molecule has 5 nitrogen and oxygen atoms in total. The Labute approximate surface area is 103 Å². The standard InChI is InChI=1S/C12H13FN2O3/c13-10-3-1-9(2-4-10)7-14-5-6-15(12(17)18)8-11(14)16/h1-4H,5-8H2,(H,17,18). The van der Waals surface area contributed by atoms with Crippen LogP contribution >= 0.6 is 0 Å². The van der Waals surface area contributed by atoms with Crippen LogP contribution in [0.25, 0.3) is 0 Å². The van der Waals surface area contributed by atoms with Crippen LogP contribution in [0.2, 0.25) is 0 Å². The average molecular weight is 252 g/mol. The van der Waals surface area contributed by atoms with Gasteiger partial charge in [0.25, 0.3) is 0 Å². The predicted molar refractivity (Wildman–Crippen MR) is 61.4 cm³/mol. The molecule has 0 unspecified atom stereocenters. The highest BCUT2D eigenvalue weighted by Crippen LogP contribution is 2.10. The first-order valence-corrected chi connectivity index (χ1v) is 5.56. The van der Waals surface area contributed by atoms with E-state index in [0.717, 1.165) is 10.5 Å². The van der Waals surface area contributed by atoms with Crippen molar-refractivity contribution in [1.82, 2.24) is 9.80 Å². The van der Waals surface area contributed by atoms with Crippen LogP contribution in [-0.4, -0.2) is 46.5 Å². The van der Waals surface area contributed by atoms with Crippen molar-refractivity contribution in [2.45, 2.75) is 6.54 Å². The first kappa shape index (κ1) is 12.3. The number of hydrogen-bond donors (Lipinski definition) is 1. The van der Waals surface area contributed by atoms with Gasteiger partial charge in [0.2, 0.25) is 5.91 Å². The Kier molecular flexibility index (Phi) is 3.45. The lowest BCUT2D eigenvalue weighted by atomic mass is 10.2. The number of amides is 2. The van der Waals surface area contributed by atoms with Gasteiger partial charge in [-0.3, -0.25) is 9.69 Å². The lowest BCUT2D eigenvalue weighted by Gasteiger charge is -2.32. The van der Waals surface area contributed by atoms with E-state index in [4.69, 9.17) is 5.11 Å². The van der Waals surface area contributed by atoms with E-state index in [1.54, 1.807) is 17.0 Å². The maximum atomic E-state index is 12.7. The van der Waals surface area contributed by atoms with Crippen LogP contribution in [0.1, 0.15) is 5.56 Å². The van der Waals surface area contributed by atoms with Crippen molar-refractivity contribution in [3.63, 3.8) is 0 Å². The van der Waals surface area contributed by atoms with Crippen molar-refractivity contribution in [2.75, 3.05) is 19.6 Å². The SMILES string of the molecule is O=C(O)N1CCN(Cc2ccc(F)cc2)C(=O)C1. The molecule has 18 heavy (non-hydrogen) atoms. The number of nitrogens with zero attached hydrogens (tertiary/aromatic N) is 2. The van der Waals surface area contributed by atoms with Crippen molar-refractivity contribution in [1.29, 1.82) is 0 Å². The number of carboxylic acid groups (broad SMARTS) is 1. The van der Waals surface area contributed by atoms with Gasteiger partial charge in [-0.1, -0.05) is 12.1 Å². The molecule has 1 saturated heterocycles. The molecule has 0 spiro atoms. The van der Waals surface area contributed by atoms with Gasteiger partial charge in [-0.25, -0.2) is 9.18 Å². The number of carbonyl (C=O) groups is 2. The van der Waals surface area contributed by atoms with Gasteiger partial charge in [0, 0.05) is 19.6 Å². The molecule has 0 bridgehead atoms. The summed E-state index contributed by atoms with van der Waals surface area (Å²) in [5.41, 5.74) is 0.827. The molecule has 96 valence electrons. The Morgan fingerprint density at radius 3 is 2.50 bits per heavy atom. The highest BCUT2D eigenvalue weighted by atomic mass is 19.1. The first-order valence-electron chi connectivity index (χ1n) is 5.56. The zero-order chi connectivity index (χ0) is 13.1. The minimum atomic E-state index is -1.08. The van der Waals surface area contributed by atoms with Crippen LogP contribution in [-0.2, 0) is 11.3 Å². The molecule has 0 aromatic heterocycles. The highest BCUT2D eigenvalue weighted by molar-refractivity contribution is 5.83. The van der Waals surface area contributed by atoms with Crippen LogP contribution in [0.15, 0.2) is 24.3 Å². The highest BCUT2D eigenvalue weighted by Gasteiger charge is 2.26. The Hall–Kier alpha value is -2.11. The van der Waals surface area contributed by atoms with Gasteiger partial charge in [0.1, 0.15) is 12.4 Å². The van der Waals surface area contributed by atoms with Gasteiger partial charge >= 0.3 is 6.09 Å². The second-order valence-corrected chi connectivity index (χ2v) is 4.15. The van der Waals surface area contributed by atoms with Crippen molar-refractivity contribution in [2.24, 2.45) is 0 Å². The van der Waals surface area contributed by atoms with Crippen LogP contribution in [0, 0.1) is 5.82 Å². The van der Waals surface area contributed by atoms with E-state index in [0.29, 0.717) is 19.6 Å². The summed E-state index contributed by atoms with van der Waals surface area (Å²) in [6.45, 7) is 0.938. The van der Waals surface area contributed by atoms with Gasteiger partial charge < -0.3 is 10.0 Å². The molecule has 0 saturated carbocycles. The summed E-state index contributed by atoms with van der Waals surface area (Å²) in [6.07, 6.45) is -1.08. The quantitative estimate of drug-likeness (QED) is 0.858. The van der Waals surface area contributed by atoms with Crippen molar-refractivity contribution in [3.8, 4) is 0 Å². The normalized spacial score (nSPS) is 15.9. The van der Waals surface area contributed by atoms with E-state index in [1.807, 2.05) is 0 Å². The fraction of sp³-hybridized carbons (Fsp3) is 0.333. The minimum Gasteiger partial charge on any atom is -0.465 e. The van der Waals surface area contributed by atoms with Gasteiger partial charge in [-0.2, -0.15) is 0 Å². The van der Waals surface area contributed by atoms with E-state index in [2.05, 4.69) is 0 Å². The maximum absolute atomic E-state index is 12.7. The fourth-order valence-corrected chi connectivity index (χ4v) is 1.85. The molecule has 2 amide bonds. The van der Waals surface area contributed by atoms with Crippen molar-refractivity contribution in [3.05, 3.63) is 35.6 Å². The molecule has 1 heterocycles. The molecular weight excluding hydrogens is 239 g/mol. The molecule has 1 aliphatic rings. The van der Waals surface area contributed by atoms with Gasteiger partial charge in [0.05, 0.1) is 0 Å². The molecule has 1 aromatic rings. The third-order valence-electron chi connectivity index (χ3n) is 2.88.